The zero-order valence-electron chi connectivity index (χ0n) is 11.2. The highest BCUT2D eigenvalue weighted by Gasteiger charge is 2.08. The van der Waals surface area contributed by atoms with E-state index in [9.17, 15) is 12.6 Å². The molecule has 0 aliphatic rings. The second-order valence-corrected chi connectivity index (χ2v) is 6.53. The summed E-state index contributed by atoms with van der Waals surface area (Å²) in [5.74, 6) is 0. The van der Waals surface area contributed by atoms with Gasteiger partial charge in [-0.3, -0.25) is 8.74 Å². The van der Waals surface area contributed by atoms with Crippen molar-refractivity contribution < 1.29 is 25.5 Å². The lowest BCUT2D eigenvalue weighted by Crippen LogP contribution is -2.11. The van der Waals surface area contributed by atoms with Crippen LogP contribution in [0.15, 0.2) is 41.3 Å². The first-order chi connectivity index (χ1) is 9.87. The van der Waals surface area contributed by atoms with Crippen LogP contribution in [0, 0.1) is 6.92 Å². The molecule has 0 saturated carbocycles. The first kappa shape index (κ1) is 16.1. The highest BCUT2D eigenvalue weighted by atomic mass is 32.3. The Morgan fingerprint density at radius 1 is 1.19 bits per heavy atom. The number of fused-ring (bicyclic) bond motifs is 1. The number of aryl methyl sites for hydroxylation is 1. The Balaban J connectivity index is 2.03. The van der Waals surface area contributed by atoms with Crippen LogP contribution in [0.5, 0.6) is 0 Å². The maximum atomic E-state index is 11.9. The quantitative estimate of drug-likeness (QED) is 0.643. The lowest BCUT2D eigenvalue weighted by atomic mass is 10.1. The van der Waals surface area contributed by atoms with Gasteiger partial charge in [0.1, 0.15) is 0 Å². The van der Waals surface area contributed by atoms with E-state index in [-0.39, 0.29) is 6.61 Å². The van der Waals surface area contributed by atoms with Crippen molar-refractivity contribution in [1.82, 2.24) is 0 Å². The Morgan fingerprint density at radius 3 is 2.67 bits per heavy atom. The smallest absolute Gasteiger partial charge is 0.284 e. The normalized spacial score (nSPS) is 13.4. The van der Waals surface area contributed by atoms with E-state index in [0.717, 1.165) is 16.3 Å². The summed E-state index contributed by atoms with van der Waals surface area (Å²) in [4.78, 5) is 0.472. The van der Waals surface area contributed by atoms with Gasteiger partial charge >= 0.3 is 10.4 Å². The minimum absolute atomic E-state index is 0.224. The maximum Gasteiger partial charge on any atom is 0.397 e. The van der Waals surface area contributed by atoms with Crippen LogP contribution in [0.4, 0.5) is 0 Å². The first-order valence-corrected chi connectivity index (χ1v) is 8.47. The predicted octanol–water partition coefficient (Wildman–Crippen LogP) is 2.01. The number of hydrogen-bond donors (Lipinski definition) is 1. The van der Waals surface area contributed by atoms with Gasteiger partial charge in [-0.25, -0.2) is 8.39 Å². The monoisotopic (exact) mass is 330 g/mol. The fraction of sp³-hybridized carbons (Fsp3) is 0.231. The molecule has 8 heteroatoms. The number of rotatable bonds is 6. The van der Waals surface area contributed by atoms with Crippen molar-refractivity contribution in [3.63, 3.8) is 0 Å². The van der Waals surface area contributed by atoms with Crippen LogP contribution >= 0.6 is 0 Å². The minimum Gasteiger partial charge on any atom is -0.284 e. The van der Waals surface area contributed by atoms with E-state index in [2.05, 4.69) is 4.18 Å². The molecule has 0 bridgehead atoms. The van der Waals surface area contributed by atoms with Gasteiger partial charge in [-0.1, -0.05) is 24.3 Å². The van der Waals surface area contributed by atoms with E-state index in [0.29, 0.717) is 4.90 Å². The predicted molar refractivity (Wildman–Crippen MR) is 78.5 cm³/mol. The average molecular weight is 330 g/mol. The summed E-state index contributed by atoms with van der Waals surface area (Å²) in [5, 5.41) is 2.01. The summed E-state index contributed by atoms with van der Waals surface area (Å²) in [6, 6.07) is 11.1. The summed E-state index contributed by atoms with van der Waals surface area (Å²) in [7, 11) is -4.50. The molecular formula is C13H14O6S2. The Hall–Kier alpha value is -1.32. The van der Waals surface area contributed by atoms with E-state index in [1.165, 1.54) is 0 Å². The Kier molecular flexibility index (Phi) is 5.07. The highest BCUT2D eigenvalue weighted by Crippen LogP contribution is 2.21. The van der Waals surface area contributed by atoms with Crippen molar-refractivity contribution in [3.05, 3.63) is 42.0 Å². The number of benzene rings is 2. The molecule has 21 heavy (non-hydrogen) atoms. The van der Waals surface area contributed by atoms with Crippen molar-refractivity contribution in [2.24, 2.45) is 0 Å². The van der Waals surface area contributed by atoms with Crippen LogP contribution in [0.3, 0.4) is 0 Å². The Morgan fingerprint density at radius 2 is 1.95 bits per heavy atom. The van der Waals surface area contributed by atoms with Gasteiger partial charge in [0, 0.05) is 0 Å². The second kappa shape index (κ2) is 6.63. The van der Waals surface area contributed by atoms with Crippen LogP contribution in [-0.2, 0) is 29.8 Å². The molecule has 0 heterocycles. The summed E-state index contributed by atoms with van der Waals surface area (Å²) in [5.41, 5.74) is 1.12. The van der Waals surface area contributed by atoms with Gasteiger partial charge in [0.05, 0.1) is 18.1 Å². The molecule has 2 rings (SSSR count). The average Bonchev–Trinajstić information content (AvgIpc) is 2.42. The molecule has 0 aliphatic heterocycles. The van der Waals surface area contributed by atoms with Gasteiger partial charge in [0.25, 0.3) is 0 Å². The molecule has 0 spiro atoms. The van der Waals surface area contributed by atoms with Crippen LogP contribution < -0.4 is 0 Å². The molecule has 0 saturated heterocycles. The molecule has 0 aromatic heterocycles. The SMILES string of the molecule is Cc1cccc2cc(S(=O)OCCOS(=O)(=O)O)ccc12. The van der Waals surface area contributed by atoms with E-state index in [4.69, 9.17) is 8.74 Å². The van der Waals surface area contributed by atoms with E-state index >= 15 is 0 Å². The molecule has 1 atom stereocenters. The molecule has 6 nitrogen and oxygen atoms in total. The first-order valence-electron chi connectivity index (χ1n) is 6.03. The zero-order valence-corrected chi connectivity index (χ0v) is 12.8. The lowest BCUT2D eigenvalue weighted by molar-refractivity contribution is 0.212. The molecule has 1 N–H and O–H groups in total. The van der Waals surface area contributed by atoms with Crippen molar-refractivity contribution in [2.75, 3.05) is 13.2 Å². The van der Waals surface area contributed by atoms with Gasteiger partial charge in [-0.05, 0) is 35.4 Å². The third-order valence-corrected chi connectivity index (χ3v) is 4.25. The van der Waals surface area contributed by atoms with Crippen molar-refractivity contribution >= 4 is 32.3 Å². The molecule has 0 aliphatic carbocycles. The molecule has 2 aromatic rings. The van der Waals surface area contributed by atoms with Gasteiger partial charge in [0.2, 0.25) is 0 Å². The molecule has 0 fully saturated rings. The molecule has 0 amide bonds. The fourth-order valence-corrected chi connectivity index (χ4v) is 2.88. The lowest BCUT2D eigenvalue weighted by Gasteiger charge is -2.06. The number of hydrogen-bond acceptors (Lipinski definition) is 5. The van der Waals surface area contributed by atoms with E-state index < -0.39 is 28.1 Å². The minimum atomic E-state index is -4.50. The Bertz CT molecular complexity index is 769. The van der Waals surface area contributed by atoms with Gasteiger partial charge in [-0.2, -0.15) is 8.42 Å². The topological polar surface area (TPSA) is 89.9 Å². The summed E-state index contributed by atoms with van der Waals surface area (Å²) in [6.07, 6.45) is 0. The van der Waals surface area contributed by atoms with Crippen LogP contribution in [0.2, 0.25) is 0 Å². The third kappa shape index (κ3) is 4.58. The van der Waals surface area contributed by atoms with E-state index in [1.807, 2.05) is 31.2 Å². The van der Waals surface area contributed by atoms with Crippen LogP contribution in [0.25, 0.3) is 10.8 Å². The van der Waals surface area contributed by atoms with Gasteiger partial charge in [0.15, 0.2) is 11.1 Å². The van der Waals surface area contributed by atoms with Crippen LogP contribution in [0.1, 0.15) is 5.56 Å². The third-order valence-electron chi connectivity index (χ3n) is 2.77. The van der Waals surface area contributed by atoms with Gasteiger partial charge < -0.3 is 0 Å². The maximum absolute atomic E-state index is 11.9. The van der Waals surface area contributed by atoms with E-state index in [1.54, 1.807) is 12.1 Å². The summed E-state index contributed by atoms with van der Waals surface area (Å²) in [6.45, 7) is 1.36. The van der Waals surface area contributed by atoms with Crippen molar-refractivity contribution in [3.8, 4) is 0 Å². The molecule has 2 aromatic carbocycles. The van der Waals surface area contributed by atoms with Crippen molar-refractivity contribution in [2.45, 2.75) is 11.8 Å². The summed E-state index contributed by atoms with van der Waals surface area (Å²) < 4.78 is 50.0. The largest absolute Gasteiger partial charge is 0.397 e. The second-order valence-electron chi connectivity index (χ2n) is 4.26. The fourth-order valence-electron chi connectivity index (χ4n) is 1.84. The van der Waals surface area contributed by atoms with Crippen molar-refractivity contribution in [1.29, 1.82) is 0 Å². The van der Waals surface area contributed by atoms with Gasteiger partial charge in [-0.15, -0.1) is 0 Å². The highest BCUT2D eigenvalue weighted by molar-refractivity contribution is 7.81. The zero-order chi connectivity index (χ0) is 15.5. The molecule has 114 valence electrons. The molecule has 0 radical (unpaired) electrons. The molecular weight excluding hydrogens is 316 g/mol. The van der Waals surface area contributed by atoms with Crippen LogP contribution in [-0.4, -0.2) is 30.4 Å². The standard InChI is InChI=1S/C13H14O6S2/c1-10-3-2-4-11-9-12(5-6-13(10)11)20(14)18-7-8-19-21(15,16)17/h2-6,9H,7-8H2,1H3,(H,15,16,17). The summed E-state index contributed by atoms with van der Waals surface area (Å²) >= 11 is -1.73. The Labute approximate surface area is 125 Å². The molecule has 1 unspecified atom stereocenters.